The molecule has 2 atom stereocenters. The number of aliphatic carboxylic acids is 1. The smallest absolute Gasteiger partial charge is 0.407 e. The average Bonchev–Trinajstić information content (AvgIpc) is 3.18. The van der Waals surface area contributed by atoms with E-state index in [1.807, 2.05) is 45.0 Å². The highest BCUT2D eigenvalue weighted by Gasteiger charge is 2.32. The number of carbonyl (C=O) groups excluding carboxylic acids is 2. The first-order valence-corrected chi connectivity index (χ1v) is 12.5. The highest BCUT2D eigenvalue weighted by atomic mass is 16.5. The number of hydrogen-bond donors (Lipinski definition) is 2. The summed E-state index contributed by atoms with van der Waals surface area (Å²) in [5, 5.41) is 11.6. The fraction of sp³-hybridized carbons (Fsp3) is 0.464. The number of carboxylic acid groups (broad SMARTS) is 1. The lowest BCUT2D eigenvalue weighted by atomic mass is 9.97. The van der Waals surface area contributed by atoms with Crippen LogP contribution in [-0.4, -0.2) is 53.7 Å². The standard InChI is InChI=1S/C28H36N2O5/c1-4-19(3)26(27(33)30(5-2)17-11-10-16-25(31)32)29-28(34)35-18-24-22-14-8-6-12-20(22)21-13-7-9-15-23(21)24/h6-9,12-15,19,24,26H,4-5,10-11,16-18H2,1-3H3,(H,29,34)(H,31,32)/t19?,26-/m0/s1. The zero-order chi connectivity index (χ0) is 25.4. The molecule has 0 aromatic heterocycles. The van der Waals surface area contributed by atoms with Crippen LogP contribution >= 0.6 is 0 Å². The zero-order valence-corrected chi connectivity index (χ0v) is 20.8. The lowest BCUT2D eigenvalue weighted by Crippen LogP contribution is -2.52. The maximum absolute atomic E-state index is 13.3. The number of amides is 2. The van der Waals surface area contributed by atoms with Gasteiger partial charge in [-0.1, -0.05) is 68.8 Å². The Balaban J connectivity index is 1.64. The Bertz CT molecular complexity index is 992. The van der Waals surface area contributed by atoms with Gasteiger partial charge in [0.15, 0.2) is 0 Å². The van der Waals surface area contributed by atoms with Crippen LogP contribution < -0.4 is 5.32 Å². The number of nitrogens with zero attached hydrogens (tertiary/aromatic N) is 1. The summed E-state index contributed by atoms with van der Waals surface area (Å²) in [5.41, 5.74) is 4.58. The van der Waals surface area contributed by atoms with Crippen molar-refractivity contribution in [3.63, 3.8) is 0 Å². The predicted molar refractivity (Wildman–Crippen MR) is 135 cm³/mol. The maximum atomic E-state index is 13.3. The Labute approximate surface area is 207 Å². The Morgan fingerprint density at radius 1 is 1.00 bits per heavy atom. The van der Waals surface area contributed by atoms with Gasteiger partial charge in [0.1, 0.15) is 12.6 Å². The predicted octanol–water partition coefficient (Wildman–Crippen LogP) is 5.04. The van der Waals surface area contributed by atoms with Crippen LogP contribution in [0.1, 0.15) is 63.5 Å². The van der Waals surface area contributed by atoms with Crippen molar-refractivity contribution < 1.29 is 24.2 Å². The molecule has 1 unspecified atom stereocenters. The van der Waals surface area contributed by atoms with Crippen LogP contribution in [0.3, 0.4) is 0 Å². The van der Waals surface area contributed by atoms with Gasteiger partial charge in [-0.25, -0.2) is 4.79 Å². The van der Waals surface area contributed by atoms with Crippen LogP contribution in [0.2, 0.25) is 0 Å². The Morgan fingerprint density at radius 3 is 2.14 bits per heavy atom. The number of benzene rings is 2. The van der Waals surface area contributed by atoms with Gasteiger partial charge in [-0.3, -0.25) is 9.59 Å². The number of likely N-dealkylation sites (N-methyl/N-ethyl adjacent to an activating group) is 1. The minimum absolute atomic E-state index is 0.0488. The summed E-state index contributed by atoms with van der Waals surface area (Å²) in [4.78, 5) is 38.5. The van der Waals surface area contributed by atoms with Crippen molar-refractivity contribution >= 4 is 18.0 Å². The second-order valence-corrected chi connectivity index (χ2v) is 9.10. The van der Waals surface area contributed by atoms with Crippen molar-refractivity contribution in [2.75, 3.05) is 19.7 Å². The molecular weight excluding hydrogens is 444 g/mol. The molecule has 188 valence electrons. The van der Waals surface area contributed by atoms with Gasteiger partial charge in [-0.2, -0.15) is 0 Å². The number of alkyl carbamates (subject to hydrolysis) is 1. The number of carbonyl (C=O) groups is 3. The molecule has 2 aromatic carbocycles. The van der Waals surface area contributed by atoms with Gasteiger partial charge < -0.3 is 20.1 Å². The average molecular weight is 481 g/mol. The van der Waals surface area contributed by atoms with Crippen LogP contribution in [-0.2, 0) is 14.3 Å². The second-order valence-electron chi connectivity index (χ2n) is 9.10. The molecule has 1 aliphatic carbocycles. The molecule has 7 nitrogen and oxygen atoms in total. The summed E-state index contributed by atoms with van der Waals surface area (Å²) in [6, 6.07) is 15.6. The minimum atomic E-state index is -0.839. The van der Waals surface area contributed by atoms with Gasteiger partial charge in [0.05, 0.1) is 0 Å². The Hall–Kier alpha value is -3.35. The molecule has 2 amide bonds. The zero-order valence-electron chi connectivity index (χ0n) is 20.8. The summed E-state index contributed by atoms with van der Waals surface area (Å²) >= 11 is 0. The molecule has 0 fully saturated rings. The second kappa shape index (κ2) is 12.4. The van der Waals surface area contributed by atoms with Crippen molar-refractivity contribution in [2.24, 2.45) is 5.92 Å². The van der Waals surface area contributed by atoms with Gasteiger partial charge in [-0.15, -0.1) is 0 Å². The number of ether oxygens (including phenoxy) is 1. The van der Waals surface area contributed by atoms with Crippen LogP contribution in [0.5, 0.6) is 0 Å². The van der Waals surface area contributed by atoms with Crippen molar-refractivity contribution in [2.45, 2.75) is 58.4 Å². The van der Waals surface area contributed by atoms with Crippen LogP contribution in [0.15, 0.2) is 48.5 Å². The topological polar surface area (TPSA) is 95.9 Å². The first-order valence-electron chi connectivity index (χ1n) is 12.5. The summed E-state index contributed by atoms with van der Waals surface area (Å²) < 4.78 is 5.67. The molecule has 0 saturated carbocycles. The van der Waals surface area contributed by atoms with Gasteiger partial charge in [-0.05, 0) is 47.9 Å². The molecule has 0 spiro atoms. The van der Waals surface area contributed by atoms with Crippen molar-refractivity contribution in [3.8, 4) is 11.1 Å². The van der Waals surface area contributed by atoms with Crippen LogP contribution in [0.4, 0.5) is 4.79 Å². The molecule has 0 aliphatic heterocycles. The molecule has 2 N–H and O–H groups in total. The summed E-state index contributed by atoms with van der Waals surface area (Å²) in [5.74, 6) is -1.12. The third-order valence-corrected chi connectivity index (χ3v) is 6.86. The Kier molecular flexibility index (Phi) is 9.29. The highest BCUT2D eigenvalue weighted by Crippen LogP contribution is 2.44. The number of carboxylic acids is 1. The lowest BCUT2D eigenvalue weighted by Gasteiger charge is -2.30. The van der Waals surface area contributed by atoms with E-state index in [1.54, 1.807) is 4.90 Å². The maximum Gasteiger partial charge on any atom is 0.407 e. The van der Waals surface area contributed by atoms with E-state index in [1.165, 1.54) is 0 Å². The molecule has 7 heteroatoms. The van der Waals surface area contributed by atoms with Crippen molar-refractivity contribution in [3.05, 3.63) is 59.7 Å². The normalized spacial score (nSPS) is 13.9. The molecular formula is C28H36N2O5. The van der Waals surface area contributed by atoms with Gasteiger partial charge >= 0.3 is 12.1 Å². The third kappa shape index (κ3) is 6.41. The first kappa shape index (κ1) is 26.3. The molecule has 0 bridgehead atoms. The monoisotopic (exact) mass is 480 g/mol. The molecule has 2 aromatic rings. The van der Waals surface area contributed by atoms with E-state index in [9.17, 15) is 14.4 Å². The number of rotatable bonds is 12. The van der Waals surface area contributed by atoms with Crippen LogP contribution in [0, 0.1) is 5.92 Å². The molecule has 0 heterocycles. The van der Waals surface area contributed by atoms with E-state index in [-0.39, 0.29) is 30.8 Å². The highest BCUT2D eigenvalue weighted by molar-refractivity contribution is 5.86. The van der Waals surface area contributed by atoms with Gasteiger partial charge in [0.25, 0.3) is 0 Å². The Morgan fingerprint density at radius 2 is 1.60 bits per heavy atom. The first-order chi connectivity index (χ1) is 16.9. The quantitative estimate of drug-likeness (QED) is 0.415. The molecule has 3 rings (SSSR count). The summed E-state index contributed by atoms with van der Waals surface area (Å²) in [7, 11) is 0. The third-order valence-electron chi connectivity index (χ3n) is 6.86. The van der Waals surface area contributed by atoms with E-state index in [0.29, 0.717) is 25.9 Å². The van der Waals surface area contributed by atoms with Crippen LogP contribution in [0.25, 0.3) is 11.1 Å². The largest absolute Gasteiger partial charge is 0.481 e. The van der Waals surface area contributed by atoms with E-state index < -0.39 is 18.1 Å². The van der Waals surface area contributed by atoms with E-state index in [4.69, 9.17) is 9.84 Å². The lowest BCUT2D eigenvalue weighted by molar-refractivity contribution is -0.137. The number of unbranched alkanes of at least 4 members (excludes halogenated alkanes) is 1. The number of hydrogen-bond acceptors (Lipinski definition) is 4. The fourth-order valence-electron chi connectivity index (χ4n) is 4.65. The SMILES string of the molecule is CCC(C)[C@H](NC(=O)OCC1c2ccccc2-c2ccccc21)C(=O)N(CC)CCCCC(=O)O. The van der Waals surface area contributed by atoms with E-state index in [2.05, 4.69) is 29.6 Å². The van der Waals surface area contributed by atoms with Crippen molar-refractivity contribution in [1.82, 2.24) is 10.2 Å². The molecule has 0 saturated heterocycles. The molecule has 1 aliphatic rings. The number of fused-ring (bicyclic) bond motifs is 3. The summed E-state index contributed by atoms with van der Waals surface area (Å²) in [6.45, 7) is 6.94. The van der Waals surface area contributed by atoms with Gasteiger partial charge in [0, 0.05) is 25.4 Å². The molecule has 35 heavy (non-hydrogen) atoms. The number of nitrogens with one attached hydrogen (secondary N) is 1. The van der Waals surface area contributed by atoms with Crippen molar-refractivity contribution in [1.29, 1.82) is 0 Å². The summed E-state index contributed by atoms with van der Waals surface area (Å²) in [6.07, 6.45) is 1.30. The fourth-order valence-corrected chi connectivity index (χ4v) is 4.65. The minimum Gasteiger partial charge on any atom is -0.481 e. The van der Waals surface area contributed by atoms with E-state index >= 15 is 0 Å². The van der Waals surface area contributed by atoms with E-state index in [0.717, 1.165) is 28.7 Å². The van der Waals surface area contributed by atoms with Gasteiger partial charge in [0.2, 0.25) is 5.91 Å². The molecule has 0 radical (unpaired) electrons.